The zero-order valence-electron chi connectivity index (χ0n) is 6.30. The van der Waals surface area contributed by atoms with E-state index in [2.05, 4.69) is 10.2 Å². The van der Waals surface area contributed by atoms with Crippen molar-refractivity contribution in [3.63, 3.8) is 0 Å². The van der Waals surface area contributed by atoms with Crippen LogP contribution in [0, 0.1) is 10.1 Å². The number of nitro benzene ring substituents is 1. The Morgan fingerprint density at radius 3 is 2.77 bits per heavy atom. The molecule has 64 valence electrons. The summed E-state index contributed by atoms with van der Waals surface area (Å²) in [5, 5.41) is 17.1. The molecule has 1 aliphatic rings. The van der Waals surface area contributed by atoms with Crippen molar-refractivity contribution in [2.45, 2.75) is 0 Å². The summed E-state index contributed by atoms with van der Waals surface area (Å²) in [5.41, 5.74) is 0.484. The normalized spacial score (nSPS) is 13.1. The van der Waals surface area contributed by atoms with Crippen LogP contribution in [0.3, 0.4) is 0 Å². The molecule has 1 amide bonds. The molecule has 0 atom stereocenters. The third-order valence-corrected chi connectivity index (χ3v) is 1.67. The molecule has 13 heavy (non-hydrogen) atoms. The predicted octanol–water partition coefficient (Wildman–Crippen LogP) is 1.83. The molecular weight excluding hydrogens is 174 g/mol. The lowest BCUT2D eigenvalue weighted by molar-refractivity contribution is -0.384. The Morgan fingerprint density at radius 1 is 1.31 bits per heavy atom. The van der Waals surface area contributed by atoms with Crippen LogP contribution in [0.4, 0.5) is 11.4 Å². The average Bonchev–Trinajstić information content (AvgIpc) is 2.47. The van der Waals surface area contributed by atoms with E-state index in [-0.39, 0.29) is 11.4 Å². The maximum atomic E-state index is 10.9. The van der Waals surface area contributed by atoms with Gasteiger partial charge in [0.1, 0.15) is 5.69 Å². The highest BCUT2D eigenvalue weighted by molar-refractivity contribution is 6.02. The van der Waals surface area contributed by atoms with Crippen molar-refractivity contribution >= 4 is 17.3 Å². The average molecular weight is 177 g/mol. The van der Waals surface area contributed by atoms with E-state index < -0.39 is 10.8 Å². The van der Waals surface area contributed by atoms with Crippen molar-refractivity contribution in [1.82, 2.24) is 0 Å². The first-order valence-corrected chi connectivity index (χ1v) is 3.43. The van der Waals surface area contributed by atoms with Crippen molar-refractivity contribution in [1.29, 1.82) is 0 Å². The topological polar surface area (TPSA) is 84.9 Å². The molecule has 0 saturated heterocycles. The van der Waals surface area contributed by atoms with Crippen molar-refractivity contribution in [3.8, 4) is 0 Å². The molecule has 2 rings (SSSR count). The smallest absolute Gasteiger partial charge is 0.265 e. The standard InChI is InChI=1S/C7H3N3O3/c11-7-5-2-1-4(10(12)13)3-6(5)8-9-7/h1-3H. The van der Waals surface area contributed by atoms with Crippen molar-refractivity contribution in [3.05, 3.63) is 33.9 Å². The number of amides is 1. The van der Waals surface area contributed by atoms with Crippen molar-refractivity contribution in [2.75, 3.05) is 0 Å². The molecule has 0 N–H and O–H groups in total. The van der Waals surface area contributed by atoms with E-state index in [0.717, 1.165) is 0 Å². The van der Waals surface area contributed by atoms with Gasteiger partial charge in [0.15, 0.2) is 0 Å². The van der Waals surface area contributed by atoms with Gasteiger partial charge in [-0.25, -0.2) is 0 Å². The number of carbonyl (C=O) groups is 1. The highest BCUT2D eigenvalue weighted by Gasteiger charge is 2.19. The molecule has 0 aliphatic carbocycles. The van der Waals surface area contributed by atoms with Gasteiger partial charge in [-0.15, -0.1) is 10.2 Å². The Labute approximate surface area is 72.1 Å². The third kappa shape index (κ3) is 1.08. The molecule has 0 spiro atoms. The summed E-state index contributed by atoms with van der Waals surface area (Å²) in [5.74, 6) is -0.454. The van der Waals surface area contributed by atoms with Crippen LogP contribution >= 0.6 is 0 Å². The number of carbonyl (C=O) groups excluding carboxylic acids is 1. The molecule has 6 nitrogen and oxygen atoms in total. The lowest BCUT2D eigenvalue weighted by Gasteiger charge is -1.92. The lowest BCUT2D eigenvalue weighted by Crippen LogP contribution is -1.91. The Morgan fingerprint density at radius 2 is 2.08 bits per heavy atom. The Balaban J connectivity index is 2.57. The minimum Gasteiger partial charge on any atom is -0.265 e. The van der Waals surface area contributed by atoms with Crippen LogP contribution in [-0.4, -0.2) is 10.8 Å². The van der Waals surface area contributed by atoms with Crippen LogP contribution in [0.15, 0.2) is 28.4 Å². The number of rotatable bonds is 1. The summed E-state index contributed by atoms with van der Waals surface area (Å²) < 4.78 is 0. The second kappa shape index (κ2) is 2.44. The molecule has 0 aromatic heterocycles. The molecular formula is C7H3N3O3. The molecule has 0 bridgehead atoms. The van der Waals surface area contributed by atoms with E-state index in [0.29, 0.717) is 5.56 Å². The van der Waals surface area contributed by atoms with E-state index in [9.17, 15) is 14.9 Å². The summed E-state index contributed by atoms with van der Waals surface area (Å²) in [6.45, 7) is 0. The van der Waals surface area contributed by atoms with Gasteiger partial charge in [0.2, 0.25) is 0 Å². The van der Waals surface area contributed by atoms with Gasteiger partial charge < -0.3 is 0 Å². The van der Waals surface area contributed by atoms with Gasteiger partial charge in [-0.2, -0.15) is 0 Å². The summed E-state index contributed by atoms with van der Waals surface area (Å²) in [6.07, 6.45) is 0. The number of fused-ring (bicyclic) bond motifs is 1. The zero-order chi connectivity index (χ0) is 9.42. The molecule has 1 aromatic carbocycles. The number of nitro groups is 1. The van der Waals surface area contributed by atoms with E-state index in [1.54, 1.807) is 0 Å². The maximum absolute atomic E-state index is 10.9. The van der Waals surface area contributed by atoms with Crippen LogP contribution < -0.4 is 0 Å². The van der Waals surface area contributed by atoms with Crippen molar-refractivity contribution < 1.29 is 9.72 Å². The first kappa shape index (κ1) is 7.53. The van der Waals surface area contributed by atoms with E-state index >= 15 is 0 Å². The fourth-order valence-corrected chi connectivity index (χ4v) is 1.05. The highest BCUT2D eigenvalue weighted by atomic mass is 16.6. The van der Waals surface area contributed by atoms with Gasteiger partial charge in [-0.1, -0.05) is 0 Å². The molecule has 6 heteroatoms. The number of azo groups is 1. The fourth-order valence-electron chi connectivity index (χ4n) is 1.05. The van der Waals surface area contributed by atoms with E-state index in [4.69, 9.17) is 0 Å². The third-order valence-electron chi connectivity index (χ3n) is 1.67. The number of nitrogens with zero attached hydrogens (tertiary/aromatic N) is 3. The predicted molar refractivity (Wildman–Crippen MR) is 41.9 cm³/mol. The molecule has 1 heterocycles. The second-order valence-corrected chi connectivity index (χ2v) is 2.46. The van der Waals surface area contributed by atoms with Crippen LogP contribution in [0.1, 0.15) is 10.4 Å². The van der Waals surface area contributed by atoms with Gasteiger partial charge in [-0.05, 0) is 6.07 Å². The largest absolute Gasteiger partial charge is 0.297 e. The lowest BCUT2D eigenvalue weighted by atomic mass is 10.1. The second-order valence-electron chi connectivity index (χ2n) is 2.46. The molecule has 0 radical (unpaired) electrons. The van der Waals surface area contributed by atoms with Gasteiger partial charge in [0.25, 0.3) is 11.6 Å². The molecule has 0 saturated carbocycles. The Hall–Kier alpha value is -2.11. The van der Waals surface area contributed by atoms with Gasteiger partial charge in [0, 0.05) is 12.1 Å². The first-order valence-electron chi connectivity index (χ1n) is 3.43. The Bertz CT molecular complexity index is 439. The van der Waals surface area contributed by atoms with Crippen LogP contribution in [0.25, 0.3) is 0 Å². The molecule has 0 fully saturated rings. The minimum absolute atomic E-state index is 0.0904. The number of hydrogen-bond acceptors (Lipinski definition) is 4. The Kier molecular flexibility index (Phi) is 1.42. The monoisotopic (exact) mass is 177 g/mol. The molecule has 1 aromatic rings. The van der Waals surface area contributed by atoms with Gasteiger partial charge in [-0.3, -0.25) is 14.9 Å². The summed E-state index contributed by atoms with van der Waals surface area (Å²) in [4.78, 5) is 20.7. The van der Waals surface area contributed by atoms with E-state index in [1.807, 2.05) is 0 Å². The van der Waals surface area contributed by atoms with E-state index in [1.165, 1.54) is 18.2 Å². The minimum atomic E-state index is -0.543. The number of benzene rings is 1. The highest BCUT2D eigenvalue weighted by Crippen LogP contribution is 2.30. The summed E-state index contributed by atoms with van der Waals surface area (Å²) >= 11 is 0. The fraction of sp³-hybridized carbons (Fsp3) is 0. The van der Waals surface area contributed by atoms with Crippen molar-refractivity contribution in [2.24, 2.45) is 10.2 Å². The SMILES string of the molecule is O=C1N=Nc2cc([N+](=O)[O-])ccc21. The molecule has 1 aliphatic heterocycles. The van der Waals surface area contributed by atoms with Crippen LogP contribution in [0.5, 0.6) is 0 Å². The van der Waals surface area contributed by atoms with Crippen LogP contribution in [-0.2, 0) is 0 Å². The number of hydrogen-bond donors (Lipinski definition) is 0. The zero-order valence-corrected chi connectivity index (χ0v) is 6.30. The maximum Gasteiger partial charge on any atom is 0.297 e. The van der Waals surface area contributed by atoms with Gasteiger partial charge in [0.05, 0.1) is 10.5 Å². The van der Waals surface area contributed by atoms with Gasteiger partial charge >= 0.3 is 0 Å². The summed E-state index contributed by atoms with van der Waals surface area (Å²) in [6, 6.07) is 3.84. The number of non-ortho nitro benzene ring substituents is 1. The molecule has 0 unspecified atom stereocenters. The van der Waals surface area contributed by atoms with Crippen LogP contribution in [0.2, 0.25) is 0 Å². The summed E-state index contributed by atoms with van der Waals surface area (Å²) in [7, 11) is 0. The quantitative estimate of drug-likeness (QED) is 0.484. The first-order chi connectivity index (χ1) is 6.18.